The molecule has 2 rings (SSSR count). The van der Waals surface area contributed by atoms with Gasteiger partial charge in [0.25, 0.3) is 0 Å². The first-order valence-electron chi connectivity index (χ1n) is 4.38. The van der Waals surface area contributed by atoms with Gasteiger partial charge in [-0.25, -0.2) is 18.4 Å². The van der Waals surface area contributed by atoms with Crippen LogP contribution in [-0.4, -0.2) is 35.9 Å². The van der Waals surface area contributed by atoms with Crippen LogP contribution < -0.4 is 5.32 Å². The zero-order chi connectivity index (χ0) is 10.0. The molecule has 0 saturated carbocycles. The molecule has 1 aromatic heterocycles. The summed E-state index contributed by atoms with van der Waals surface area (Å²) >= 11 is 0. The monoisotopic (exact) mass is 213 g/mol. The van der Waals surface area contributed by atoms with E-state index in [-0.39, 0.29) is 17.5 Å². The quantitative estimate of drug-likeness (QED) is 0.753. The molecule has 0 amide bonds. The Morgan fingerprint density at radius 2 is 2.07 bits per heavy atom. The summed E-state index contributed by atoms with van der Waals surface area (Å²) < 4.78 is 22.3. The van der Waals surface area contributed by atoms with Crippen LogP contribution in [-0.2, 0) is 9.84 Å². The Labute approximate surface area is 82.5 Å². The zero-order valence-electron chi connectivity index (χ0n) is 7.55. The maximum atomic E-state index is 11.2. The van der Waals surface area contributed by atoms with Crippen LogP contribution in [0.5, 0.6) is 0 Å². The van der Waals surface area contributed by atoms with E-state index < -0.39 is 9.84 Å². The predicted octanol–water partition coefficient (Wildman–Crippen LogP) is 0.0756. The molecule has 1 aliphatic rings. The number of nitrogens with one attached hydrogen (secondary N) is 1. The minimum absolute atomic E-state index is 0.00556. The fraction of sp³-hybridized carbons (Fsp3) is 0.500. The second-order valence-electron chi connectivity index (χ2n) is 3.37. The summed E-state index contributed by atoms with van der Waals surface area (Å²) in [5.74, 6) is 0.486. The van der Waals surface area contributed by atoms with Crippen LogP contribution in [0, 0.1) is 0 Å². The molecule has 1 saturated heterocycles. The molecule has 1 N–H and O–H groups in total. The van der Waals surface area contributed by atoms with Gasteiger partial charge in [-0.2, -0.15) is 0 Å². The van der Waals surface area contributed by atoms with E-state index >= 15 is 0 Å². The van der Waals surface area contributed by atoms with E-state index in [1.165, 1.54) is 6.33 Å². The van der Waals surface area contributed by atoms with Crippen molar-refractivity contribution in [3.8, 4) is 0 Å². The molecule has 5 nitrogen and oxygen atoms in total. The van der Waals surface area contributed by atoms with E-state index in [1.54, 1.807) is 12.4 Å². The highest BCUT2D eigenvalue weighted by Gasteiger charge is 2.27. The molecule has 0 radical (unpaired) electrons. The van der Waals surface area contributed by atoms with Gasteiger partial charge in [-0.15, -0.1) is 0 Å². The summed E-state index contributed by atoms with van der Waals surface area (Å²) in [6.07, 6.45) is 5.38. The van der Waals surface area contributed by atoms with Gasteiger partial charge in [0.15, 0.2) is 9.84 Å². The van der Waals surface area contributed by atoms with Gasteiger partial charge in [-0.05, 0) is 6.42 Å². The highest BCUT2D eigenvalue weighted by molar-refractivity contribution is 7.91. The highest BCUT2D eigenvalue weighted by Crippen LogP contribution is 2.15. The summed E-state index contributed by atoms with van der Waals surface area (Å²) in [5.41, 5.74) is 0.773. The highest BCUT2D eigenvalue weighted by atomic mass is 32.2. The van der Waals surface area contributed by atoms with E-state index in [4.69, 9.17) is 0 Å². The third-order valence-corrected chi connectivity index (χ3v) is 3.93. The zero-order valence-corrected chi connectivity index (χ0v) is 8.37. The Kier molecular flexibility index (Phi) is 2.37. The summed E-state index contributed by atoms with van der Waals surface area (Å²) in [4.78, 5) is 7.68. The predicted molar refractivity (Wildman–Crippen MR) is 52.7 cm³/mol. The van der Waals surface area contributed by atoms with E-state index in [2.05, 4.69) is 15.3 Å². The molecule has 6 heteroatoms. The third kappa shape index (κ3) is 2.20. The topological polar surface area (TPSA) is 72.0 Å². The molecule has 0 aliphatic carbocycles. The lowest BCUT2D eigenvalue weighted by molar-refractivity contribution is 0.602. The van der Waals surface area contributed by atoms with Crippen molar-refractivity contribution in [1.82, 2.24) is 9.97 Å². The largest absolute Gasteiger partial charge is 0.379 e. The molecule has 76 valence electrons. The Morgan fingerprint density at radius 1 is 1.36 bits per heavy atom. The molecule has 0 spiro atoms. The first kappa shape index (κ1) is 9.39. The van der Waals surface area contributed by atoms with Crippen molar-refractivity contribution in [2.24, 2.45) is 0 Å². The number of sulfone groups is 1. The van der Waals surface area contributed by atoms with Crippen molar-refractivity contribution in [2.75, 3.05) is 16.8 Å². The molecule has 1 fully saturated rings. The Morgan fingerprint density at radius 3 is 2.64 bits per heavy atom. The molecule has 2 heterocycles. The molecule has 1 unspecified atom stereocenters. The summed E-state index contributed by atoms with van der Waals surface area (Å²) in [6.45, 7) is 0. The SMILES string of the molecule is O=S1(=O)CCC(Nc2cncnc2)C1. The molecular weight excluding hydrogens is 202 g/mol. The van der Waals surface area contributed by atoms with Crippen molar-refractivity contribution in [3.63, 3.8) is 0 Å². The lowest BCUT2D eigenvalue weighted by Gasteiger charge is -2.10. The van der Waals surface area contributed by atoms with Crippen LogP contribution in [0.4, 0.5) is 5.69 Å². The average molecular weight is 213 g/mol. The van der Waals surface area contributed by atoms with Crippen LogP contribution in [0.2, 0.25) is 0 Å². The lowest BCUT2D eigenvalue weighted by atomic mass is 10.2. The number of anilines is 1. The van der Waals surface area contributed by atoms with E-state index in [1.807, 2.05) is 0 Å². The molecule has 14 heavy (non-hydrogen) atoms. The molecule has 1 atom stereocenters. The number of rotatable bonds is 2. The Balaban J connectivity index is 2.01. The van der Waals surface area contributed by atoms with Crippen molar-refractivity contribution >= 4 is 15.5 Å². The van der Waals surface area contributed by atoms with Crippen molar-refractivity contribution in [3.05, 3.63) is 18.7 Å². The minimum Gasteiger partial charge on any atom is -0.379 e. The summed E-state index contributed by atoms with van der Waals surface area (Å²) in [5, 5.41) is 3.09. The number of nitrogens with zero attached hydrogens (tertiary/aromatic N) is 2. The standard InChI is InChI=1S/C8H11N3O2S/c12-14(13)2-1-7(5-14)11-8-3-9-6-10-4-8/h3-4,6-7,11H,1-2,5H2. The fourth-order valence-electron chi connectivity index (χ4n) is 1.52. The van der Waals surface area contributed by atoms with Crippen molar-refractivity contribution < 1.29 is 8.42 Å². The maximum Gasteiger partial charge on any atom is 0.152 e. The van der Waals surface area contributed by atoms with Crippen LogP contribution in [0.25, 0.3) is 0 Å². The van der Waals surface area contributed by atoms with Crippen LogP contribution in [0.3, 0.4) is 0 Å². The maximum absolute atomic E-state index is 11.2. The molecule has 0 bridgehead atoms. The number of hydrogen-bond acceptors (Lipinski definition) is 5. The van der Waals surface area contributed by atoms with E-state index in [0.29, 0.717) is 6.42 Å². The second kappa shape index (κ2) is 3.53. The molecule has 1 aromatic rings. The molecular formula is C8H11N3O2S. The number of aromatic nitrogens is 2. The smallest absolute Gasteiger partial charge is 0.152 e. The van der Waals surface area contributed by atoms with Gasteiger partial charge in [-0.1, -0.05) is 0 Å². The van der Waals surface area contributed by atoms with Crippen molar-refractivity contribution in [2.45, 2.75) is 12.5 Å². The summed E-state index contributed by atoms with van der Waals surface area (Å²) in [6, 6.07) is 0.00556. The lowest BCUT2D eigenvalue weighted by Crippen LogP contribution is -2.20. The van der Waals surface area contributed by atoms with Gasteiger partial charge in [0.05, 0.1) is 29.6 Å². The Hall–Kier alpha value is -1.17. The third-order valence-electron chi connectivity index (χ3n) is 2.16. The normalized spacial score (nSPS) is 24.7. The molecule has 0 aromatic carbocycles. The fourth-order valence-corrected chi connectivity index (χ4v) is 3.19. The first-order chi connectivity index (χ1) is 6.66. The van der Waals surface area contributed by atoms with Crippen LogP contribution in [0.1, 0.15) is 6.42 Å². The second-order valence-corrected chi connectivity index (χ2v) is 5.60. The van der Waals surface area contributed by atoms with Gasteiger partial charge < -0.3 is 5.32 Å². The van der Waals surface area contributed by atoms with Crippen molar-refractivity contribution in [1.29, 1.82) is 0 Å². The summed E-state index contributed by atoms with van der Waals surface area (Å²) in [7, 11) is -2.82. The average Bonchev–Trinajstić information content (AvgIpc) is 2.47. The first-order valence-corrected chi connectivity index (χ1v) is 6.20. The van der Waals surface area contributed by atoms with Gasteiger partial charge >= 0.3 is 0 Å². The van der Waals surface area contributed by atoms with E-state index in [0.717, 1.165) is 5.69 Å². The van der Waals surface area contributed by atoms with Gasteiger partial charge in [-0.3, -0.25) is 0 Å². The van der Waals surface area contributed by atoms with Gasteiger partial charge in [0.2, 0.25) is 0 Å². The minimum atomic E-state index is -2.82. The van der Waals surface area contributed by atoms with Crippen LogP contribution >= 0.6 is 0 Å². The van der Waals surface area contributed by atoms with Crippen LogP contribution in [0.15, 0.2) is 18.7 Å². The number of hydrogen-bond donors (Lipinski definition) is 1. The van der Waals surface area contributed by atoms with Gasteiger partial charge in [0.1, 0.15) is 6.33 Å². The molecule has 1 aliphatic heterocycles. The Bertz CT molecular complexity index is 404. The van der Waals surface area contributed by atoms with E-state index in [9.17, 15) is 8.42 Å². The van der Waals surface area contributed by atoms with Gasteiger partial charge in [0, 0.05) is 6.04 Å².